The molecule has 44 heavy (non-hydrogen) atoms. The van der Waals surface area contributed by atoms with E-state index in [-0.39, 0.29) is 28.2 Å². The van der Waals surface area contributed by atoms with E-state index >= 15 is 0 Å². The zero-order valence-corrected chi connectivity index (χ0v) is 25.1. The van der Waals surface area contributed by atoms with Crippen molar-refractivity contribution in [3.8, 4) is 17.0 Å². The molecule has 0 spiro atoms. The highest BCUT2D eigenvalue weighted by atomic mass is 35.5. The van der Waals surface area contributed by atoms with Gasteiger partial charge in [-0.1, -0.05) is 11.6 Å². The van der Waals surface area contributed by atoms with Gasteiger partial charge >= 0.3 is 0 Å². The Morgan fingerprint density at radius 1 is 1.23 bits per heavy atom. The third-order valence-electron chi connectivity index (χ3n) is 7.67. The van der Waals surface area contributed by atoms with Crippen molar-refractivity contribution < 1.29 is 23.8 Å². The van der Waals surface area contributed by atoms with Crippen LogP contribution in [-0.2, 0) is 9.59 Å². The van der Waals surface area contributed by atoms with Crippen molar-refractivity contribution in [1.29, 1.82) is 0 Å². The van der Waals surface area contributed by atoms with Gasteiger partial charge < -0.3 is 25.4 Å². The minimum atomic E-state index is -1.02. The van der Waals surface area contributed by atoms with Crippen molar-refractivity contribution in [3.63, 3.8) is 0 Å². The Morgan fingerprint density at radius 2 is 1.98 bits per heavy atom. The summed E-state index contributed by atoms with van der Waals surface area (Å²) < 4.78 is 21.6. The zero-order valence-electron chi connectivity index (χ0n) is 24.3. The molecule has 1 saturated heterocycles. The van der Waals surface area contributed by atoms with Crippen molar-refractivity contribution in [1.82, 2.24) is 34.4 Å². The molecule has 0 bridgehead atoms. The van der Waals surface area contributed by atoms with Gasteiger partial charge in [-0.15, -0.1) is 0 Å². The van der Waals surface area contributed by atoms with Gasteiger partial charge in [0.05, 0.1) is 36.7 Å². The molecule has 1 unspecified atom stereocenters. The van der Waals surface area contributed by atoms with E-state index in [0.29, 0.717) is 35.9 Å². The summed E-state index contributed by atoms with van der Waals surface area (Å²) in [5.41, 5.74) is 0.897. The topological polar surface area (TPSA) is 156 Å². The van der Waals surface area contributed by atoms with Crippen LogP contribution < -0.4 is 20.9 Å². The highest BCUT2D eigenvalue weighted by molar-refractivity contribution is 6.32. The quantitative estimate of drug-likeness (QED) is 0.254. The second kappa shape index (κ2) is 13.0. The van der Waals surface area contributed by atoms with Crippen LogP contribution in [0, 0.1) is 5.82 Å². The van der Waals surface area contributed by atoms with Crippen molar-refractivity contribution in [2.45, 2.75) is 44.8 Å². The molecule has 0 radical (unpaired) electrons. The summed E-state index contributed by atoms with van der Waals surface area (Å²) in [5, 5.41) is 20.4. The number of hydrogen-bond donors (Lipinski definition) is 3. The maximum atomic E-state index is 14.0. The molecule has 0 aliphatic carbocycles. The van der Waals surface area contributed by atoms with E-state index in [1.54, 1.807) is 24.1 Å². The second-order valence-electron chi connectivity index (χ2n) is 10.6. The Hall–Kier alpha value is -4.56. The SMILES string of the molecule is COc1cc(F)cc([C@@H](CO)NC(=O)C(C)n2cnn3cc(-c4nc(NC5CCN(C(C)=O)CC5)ncc4Cl)cc3c2=O)c1. The molecular formula is C29H32ClFN8O5. The molecule has 5 rings (SSSR count). The zero-order chi connectivity index (χ0) is 31.5. The summed E-state index contributed by atoms with van der Waals surface area (Å²) in [6.45, 7) is 3.86. The van der Waals surface area contributed by atoms with Crippen molar-refractivity contribution in [3.05, 3.63) is 69.7 Å². The maximum Gasteiger partial charge on any atom is 0.278 e. The van der Waals surface area contributed by atoms with Crippen LogP contribution in [0.1, 0.15) is 44.3 Å². The third kappa shape index (κ3) is 6.50. The van der Waals surface area contributed by atoms with Crippen LogP contribution in [0.3, 0.4) is 0 Å². The summed E-state index contributed by atoms with van der Waals surface area (Å²) in [5.74, 6) is -0.521. The first-order valence-electron chi connectivity index (χ1n) is 14.0. The van der Waals surface area contributed by atoms with Gasteiger partial charge in [-0.2, -0.15) is 5.10 Å². The molecule has 1 aliphatic rings. The number of nitrogens with zero attached hydrogens (tertiary/aromatic N) is 6. The number of piperidine rings is 1. The smallest absolute Gasteiger partial charge is 0.278 e. The first kappa shape index (κ1) is 30.9. The summed E-state index contributed by atoms with van der Waals surface area (Å²) >= 11 is 6.44. The molecular weight excluding hydrogens is 595 g/mol. The molecule has 13 nitrogen and oxygen atoms in total. The molecule has 1 aliphatic heterocycles. The van der Waals surface area contributed by atoms with Gasteiger partial charge in [0.2, 0.25) is 17.8 Å². The Kier molecular flexibility index (Phi) is 9.11. The highest BCUT2D eigenvalue weighted by Gasteiger charge is 2.24. The number of ether oxygens (including phenoxy) is 1. The number of benzene rings is 1. The van der Waals surface area contributed by atoms with Gasteiger partial charge in [0.1, 0.15) is 29.5 Å². The number of hydrogen-bond acceptors (Lipinski definition) is 9. The number of halogens is 2. The van der Waals surface area contributed by atoms with Crippen LogP contribution in [0.5, 0.6) is 5.75 Å². The molecule has 0 saturated carbocycles. The maximum absolute atomic E-state index is 14.0. The number of carbonyl (C=O) groups is 2. The Morgan fingerprint density at radius 3 is 2.66 bits per heavy atom. The Labute approximate surface area is 256 Å². The Balaban J connectivity index is 1.35. The van der Waals surface area contributed by atoms with Crippen molar-refractivity contribution >= 4 is 34.9 Å². The van der Waals surface area contributed by atoms with Gasteiger partial charge in [0.25, 0.3) is 5.56 Å². The standard InChI is InChI=1S/C29H32ClFN8O5/c1-16(27(42)35-24(14-40)18-8-20(31)11-22(9-18)44-3)38-15-33-39-13-19(10-25(39)28(38)43)26-23(30)12-32-29(36-26)34-21-4-6-37(7-5-21)17(2)41/h8-13,15-16,21,24,40H,4-7,14H2,1-3H3,(H,35,42)(H,32,34,36)/t16?,24-/m1/s1. The molecule has 3 aromatic heterocycles. The van der Waals surface area contributed by atoms with Crippen molar-refractivity contribution in [2.24, 2.45) is 0 Å². The van der Waals surface area contributed by atoms with Gasteiger partial charge in [-0.3, -0.25) is 19.0 Å². The average molecular weight is 627 g/mol. The fourth-order valence-electron chi connectivity index (χ4n) is 5.13. The number of aliphatic hydroxyl groups excluding tert-OH is 1. The van der Waals surface area contributed by atoms with E-state index in [4.69, 9.17) is 16.3 Å². The van der Waals surface area contributed by atoms with Crippen LogP contribution in [0.4, 0.5) is 10.3 Å². The number of carbonyl (C=O) groups excluding carboxylic acids is 2. The minimum Gasteiger partial charge on any atom is -0.497 e. The molecule has 1 aromatic carbocycles. The van der Waals surface area contributed by atoms with Gasteiger partial charge in [-0.05, 0) is 43.5 Å². The van der Waals surface area contributed by atoms with Gasteiger partial charge in [0, 0.05) is 43.9 Å². The summed E-state index contributed by atoms with van der Waals surface area (Å²) in [6, 6.07) is 3.58. The van der Waals surface area contributed by atoms with Crippen LogP contribution in [0.2, 0.25) is 5.02 Å². The Bertz CT molecular complexity index is 1750. The number of nitrogens with one attached hydrogen (secondary N) is 2. The first-order chi connectivity index (χ1) is 21.1. The predicted molar refractivity (Wildman–Crippen MR) is 160 cm³/mol. The van der Waals surface area contributed by atoms with Gasteiger partial charge in [0.15, 0.2) is 0 Å². The lowest BCUT2D eigenvalue weighted by atomic mass is 10.1. The number of fused-ring (bicyclic) bond motifs is 1. The number of likely N-dealkylation sites (tertiary alicyclic amines) is 1. The van der Waals surface area contributed by atoms with E-state index in [0.717, 1.165) is 17.4 Å². The van der Waals surface area contributed by atoms with Crippen molar-refractivity contribution in [2.75, 3.05) is 32.1 Å². The summed E-state index contributed by atoms with van der Waals surface area (Å²) in [6.07, 6.45) is 5.82. The predicted octanol–water partition coefficient (Wildman–Crippen LogP) is 2.59. The lowest BCUT2D eigenvalue weighted by Crippen LogP contribution is -2.41. The van der Waals surface area contributed by atoms with E-state index < -0.39 is 36.0 Å². The molecule has 15 heteroatoms. The molecule has 232 valence electrons. The summed E-state index contributed by atoms with van der Waals surface area (Å²) in [7, 11) is 1.38. The molecule has 4 aromatic rings. The lowest BCUT2D eigenvalue weighted by molar-refractivity contribution is -0.129. The van der Waals surface area contributed by atoms with E-state index in [1.165, 1.54) is 49.3 Å². The third-order valence-corrected chi connectivity index (χ3v) is 7.95. The fourth-order valence-corrected chi connectivity index (χ4v) is 5.33. The molecule has 3 N–H and O–H groups in total. The molecule has 1 fully saturated rings. The molecule has 2 amide bonds. The normalized spacial score (nSPS) is 15.2. The number of aliphatic hydroxyl groups is 1. The number of aromatic nitrogens is 5. The van der Waals surface area contributed by atoms with Crippen LogP contribution in [0.15, 0.2) is 47.8 Å². The first-order valence-corrected chi connectivity index (χ1v) is 14.4. The molecule has 2 atom stereocenters. The number of methoxy groups -OCH3 is 1. The number of anilines is 1. The monoisotopic (exact) mass is 626 g/mol. The lowest BCUT2D eigenvalue weighted by Gasteiger charge is -2.31. The summed E-state index contributed by atoms with van der Waals surface area (Å²) in [4.78, 5) is 48.9. The fraction of sp³-hybridized carbons (Fsp3) is 0.379. The van der Waals surface area contributed by atoms with Crippen LogP contribution >= 0.6 is 11.6 Å². The minimum absolute atomic E-state index is 0.0521. The number of rotatable bonds is 9. The van der Waals surface area contributed by atoms with E-state index in [9.17, 15) is 23.9 Å². The second-order valence-corrected chi connectivity index (χ2v) is 11.0. The largest absolute Gasteiger partial charge is 0.497 e. The van der Waals surface area contributed by atoms with E-state index in [1.807, 2.05) is 0 Å². The highest BCUT2D eigenvalue weighted by Crippen LogP contribution is 2.28. The van der Waals surface area contributed by atoms with Gasteiger partial charge in [-0.25, -0.2) is 18.9 Å². The van der Waals surface area contributed by atoms with Crippen LogP contribution in [0.25, 0.3) is 16.8 Å². The average Bonchev–Trinajstić information content (AvgIpc) is 3.45. The van der Waals surface area contributed by atoms with E-state index in [2.05, 4.69) is 25.7 Å². The molecule has 4 heterocycles. The number of amides is 2. The van der Waals surface area contributed by atoms with Crippen LogP contribution in [-0.4, -0.2) is 78.8 Å².